The first kappa shape index (κ1) is 11.4. The molecule has 0 aliphatic heterocycles. The summed E-state index contributed by atoms with van der Waals surface area (Å²) in [6, 6.07) is 6.09. The maximum Gasteiger partial charge on any atom is 0.307 e. The molecule has 1 rings (SSSR count). The fraction of sp³-hybridized carbons (Fsp3) is 0.273. The molecule has 1 atom stereocenters. The number of carboxylic acids is 1. The topological polar surface area (TPSA) is 80.4 Å². The van der Waals surface area contributed by atoms with Gasteiger partial charge in [0.2, 0.25) is 0 Å². The Balaban J connectivity index is 2.80. The zero-order valence-electron chi connectivity index (χ0n) is 8.43. The Hall–Kier alpha value is -1.68. The van der Waals surface area contributed by atoms with E-state index >= 15 is 0 Å². The molecule has 80 valence electrons. The van der Waals surface area contributed by atoms with Crippen LogP contribution in [0, 0.1) is 0 Å². The molecular weight excluding hydrogens is 194 g/mol. The minimum atomic E-state index is -0.876. The van der Waals surface area contributed by atoms with Gasteiger partial charge < -0.3 is 10.8 Å². The molecular formula is C11H13NO3. The average molecular weight is 207 g/mol. The number of benzene rings is 1. The van der Waals surface area contributed by atoms with Gasteiger partial charge in [0.15, 0.2) is 5.78 Å². The quantitative estimate of drug-likeness (QED) is 0.768. The molecule has 0 aromatic heterocycles. The van der Waals surface area contributed by atoms with Gasteiger partial charge in [0.25, 0.3) is 0 Å². The predicted octanol–water partition coefficient (Wildman–Crippen LogP) is 0.902. The molecule has 0 heterocycles. The lowest BCUT2D eigenvalue weighted by atomic mass is 10.0. The number of carbonyl (C=O) groups excluding carboxylic acids is 1. The number of ketones is 1. The third-order valence-corrected chi connectivity index (χ3v) is 2.13. The Morgan fingerprint density at radius 2 is 1.87 bits per heavy atom. The van der Waals surface area contributed by atoms with E-state index in [0.29, 0.717) is 11.1 Å². The molecule has 0 saturated heterocycles. The van der Waals surface area contributed by atoms with Crippen molar-refractivity contribution in [1.29, 1.82) is 0 Å². The van der Waals surface area contributed by atoms with Gasteiger partial charge in [-0.1, -0.05) is 24.3 Å². The first-order valence-corrected chi connectivity index (χ1v) is 4.57. The normalized spacial score (nSPS) is 12.1. The minimum absolute atomic E-state index is 0.0183. The van der Waals surface area contributed by atoms with Gasteiger partial charge in [0, 0.05) is 0 Å². The maximum atomic E-state index is 11.0. The summed E-state index contributed by atoms with van der Waals surface area (Å²) < 4.78 is 0. The Morgan fingerprint density at radius 3 is 2.27 bits per heavy atom. The Morgan fingerprint density at radius 1 is 1.33 bits per heavy atom. The van der Waals surface area contributed by atoms with Crippen LogP contribution in [0.25, 0.3) is 0 Å². The lowest BCUT2D eigenvalue weighted by Crippen LogP contribution is -2.18. The highest BCUT2D eigenvalue weighted by atomic mass is 16.4. The van der Waals surface area contributed by atoms with Gasteiger partial charge in [-0.15, -0.1) is 0 Å². The SMILES string of the molecule is CC(=O)C(N)c1ccc(CC(=O)O)cc1. The van der Waals surface area contributed by atoms with Gasteiger partial charge in [-0.05, 0) is 18.1 Å². The molecule has 0 aliphatic rings. The summed E-state index contributed by atoms with van der Waals surface area (Å²) in [6.45, 7) is 1.43. The zero-order valence-corrected chi connectivity index (χ0v) is 8.43. The van der Waals surface area contributed by atoms with Gasteiger partial charge in [0.05, 0.1) is 12.5 Å². The van der Waals surface area contributed by atoms with E-state index in [0.717, 1.165) is 0 Å². The summed E-state index contributed by atoms with van der Waals surface area (Å²) >= 11 is 0. The van der Waals surface area contributed by atoms with Crippen molar-refractivity contribution in [2.24, 2.45) is 5.73 Å². The molecule has 3 N–H and O–H groups in total. The van der Waals surface area contributed by atoms with E-state index in [9.17, 15) is 9.59 Å². The lowest BCUT2D eigenvalue weighted by Gasteiger charge is -2.08. The Labute approximate surface area is 87.7 Å². The number of hydrogen-bond donors (Lipinski definition) is 2. The van der Waals surface area contributed by atoms with Crippen LogP contribution in [-0.2, 0) is 16.0 Å². The molecule has 0 saturated carbocycles. The van der Waals surface area contributed by atoms with Gasteiger partial charge in [-0.25, -0.2) is 0 Å². The molecule has 0 fully saturated rings. The van der Waals surface area contributed by atoms with E-state index in [1.54, 1.807) is 24.3 Å². The summed E-state index contributed by atoms with van der Waals surface area (Å²) in [7, 11) is 0. The first-order valence-electron chi connectivity index (χ1n) is 4.57. The number of rotatable bonds is 4. The van der Waals surface area contributed by atoms with Crippen LogP contribution in [-0.4, -0.2) is 16.9 Å². The second kappa shape index (κ2) is 4.70. The molecule has 0 radical (unpaired) electrons. The Bertz CT molecular complexity index is 370. The highest BCUT2D eigenvalue weighted by Gasteiger charge is 2.10. The van der Waals surface area contributed by atoms with Gasteiger partial charge >= 0.3 is 5.97 Å². The molecule has 0 amide bonds. The summed E-state index contributed by atoms with van der Waals surface area (Å²) in [5.74, 6) is -0.986. The van der Waals surface area contributed by atoms with Crippen LogP contribution in [0.3, 0.4) is 0 Å². The zero-order chi connectivity index (χ0) is 11.4. The molecule has 1 aromatic carbocycles. The van der Waals surface area contributed by atoms with Crippen molar-refractivity contribution in [3.8, 4) is 0 Å². The fourth-order valence-electron chi connectivity index (χ4n) is 1.25. The monoisotopic (exact) mass is 207 g/mol. The number of Topliss-reactive ketones (excluding diaryl/α,β-unsaturated/α-hetero) is 1. The van der Waals surface area contributed by atoms with E-state index in [1.807, 2.05) is 0 Å². The van der Waals surface area contributed by atoms with Crippen LogP contribution in [0.5, 0.6) is 0 Å². The van der Waals surface area contributed by atoms with Crippen molar-refractivity contribution in [2.75, 3.05) is 0 Å². The molecule has 1 aromatic rings. The third kappa shape index (κ3) is 3.18. The average Bonchev–Trinajstić information content (AvgIpc) is 2.17. The number of carbonyl (C=O) groups is 2. The van der Waals surface area contributed by atoms with Crippen LogP contribution in [0.4, 0.5) is 0 Å². The van der Waals surface area contributed by atoms with E-state index in [-0.39, 0.29) is 12.2 Å². The van der Waals surface area contributed by atoms with Crippen molar-refractivity contribution in [3.63, 3.8) is 0 Å². The summed E-state index contributed by atoms with van der Waals surface area (Å²) in [4.78, 5) is 21.4. The van der Waals surface area contributed by atoms with Crippen LogP contribution >= 0.6 is 0 Å². The van der Waals surface area contributed by atoms with Crippen LogP contribution in [0.15, 0.2) is 24.3 Å². The van der Waals surface area contributed by atoms with E-state index < -0.39 is 12.0 Å². The number of nitrogens with two attached hydrogens (primary N) is 1. The third-order valence-electron chi connectivity index (χ3n) is 2.13. The molecule has 0 aliphatic carbocycles. The molecule has 1 unspecified atom stereocenters. The minimum Gasteiger partial charge on any atom is -0.481 e. The van der Waals surface area contributed by atoms with Gasteiger partial charge in [-0.3, -0.25) is 9.59 Å². The van der Waals surface area contributed by atoms with Crippen molar-refractivity contribution < 1.29 is 14.7 Å². The number of aliphatic carboxylic acids is 1. The summed E-state index contributed by atoms with van der Waals surface area (Å²) in [5, 5.41) is 8.55. The van der Waals surface area contributed by atoms with Crippen LogP contribution < -0.4 is 5.73 Å². The largest absolute Gasteiger partial charge is 0.481 e. The lowest BCUT2D eigenvalue weighted by molar-refractivity contribution is -0.136. The number of carboxylic acid groups (broad SMARTS) is 1. The second-order valence-corrected chi connectivity index (χ2v) is 3.40. The van der Waals surface area contributed by atoms with Crippen LogP contribution in [0.1, 0.15) is 24.1 Å². The maximum absolute atomic E-state index is 11.0. The molecule has 15 heavy (non-hydrogen) atoms. The standard InChI is InChI=1S/C11H13NO3/c1-7(13)11(12)9-4-2-8(3-5-9)6-10(14)15/h2-5,11H,6,12H2,1H3,(H,14,15). The van der Waals surface area contributed by atoms with E-state index in [4.69, 9.17) is 10.8 Å². The Kier molecular flexibility index (Phi) is 3.57. The summed E-state index contributed by atoms with van der Waals surface area (Å²) in [5.41, 5.74) is 7.02. The summed E-state index contributed by atoms with van der Waals surface area (Å²) in [6.07, 6.45) is -0.0183. The molecule has 4 nitrogen and oxygen atoms in total. The van der Waals surface area contributed by atoms with E-state index in [2.05, 4.69) is 0 Å². The van der Waals surface area contributed by atoms with Gasteiger partial charge in [-0.2, -0.15) is 0 Å². The predicted molar refractivity (Wildman–Crippen MR) is 55.4 cm³/mol. The highest BCUT2D eigenvalue weighted by molar-refractivity contribution is 5.82. The molecule has 4 heteroatoms. The van der Waals surface area contributed by atoms with Crippen molar-refractivity contribution in [3.05, 3.63) is 35.4 Å². The molecule has 0 spiro atoms. The fourth-order valence-corrected chi connectivity index (χ4v) is 1.25. The smallest absolute Gasteiger partial charge is 0.307 e. The van der Waals surface area contributed by atoms with Crippen molar-refractivity contribution >= 4 is 11.8 Å². The highest BCUT2D eigenvalue weighted by Crippen LogP contribution is 2.12. The van der Waals surface area contributed by atoms with Crippen molar-refractivity contribution in [1.82, 2.24) is 0 Å². The molecule has 0 bridgehead atoms. The van der Waals surface area contributed by atoms with E-state index in [1.165, 1.54) is 6.92 Å². The van der Waals surface area contributed by atoms with Crippen LogP contribution in [0.2, 0.25) is 0 Å². The van der Waals surface area contributed by atoms with Crippen molar-refractivity contribution in [2.45, 2.75) is 19.4 Å². The second-order valence-electron chi connectivity index (χ2n) is 3.40. The van der Waals surface area contributed by atoms with Gasteiger partial charge in [0.1, 0.15) is 0 Å². The first-order chi connectivity index (χ1) is 7.00. The number of hydrogen-bond acceptors (Lipinski definition) is 3.